The lowest BCUT2D eigenvalue weighted by Crippen LogP contribution is -2.59. The lowest BCUT2D eigenvalue weighted by molar-refractivity contribution is 0.497. The number of hydrogen-bond acceptors (Lipinski definition) is 4. The fourth-order valence-corrected chi connectivity index (χ4v) is 30.2. The van der Waals surface area contributed by atoms with E-state index in [9.17, 15) is 0 Å². The summed E-state index contributed by atoms with van der Waals surface area (Å²) in [6.07, 6.45) is 8.34. The van der Waals surface area contributed by atoms with Crippen LogP contribution in [-0.2, 0) is 0 Å². The van der Waals surface area contributed by atoms with Crippen molar-refractivity contribution in [2.75, 3.05) is 23.0 Å². The number of rotatable bonds is 11. The maximum Gasteiger partial charge on any atom is 0.0783 e. The van der Waals surface area contributed by atoms with Crippen LogP contribution in [0.1, 0.15) is 66.2 Å². The van der Waals surface area contributed by atoms with Crippen LogP contribution in [0.3, 0.4) is 0 Å². The van der Waals surface area contributed by atoms with Crippen LogP contribution in [0.2, 0.25) is 38.3 Å². The maximum absolute atomic E-state index is 2.78. The van der Waals surface area contributed by atoms with E-state index in [2.05, 4.69) is 101 Å². The van der Waals surface area contributed by atoms with Gasteiger partial charge >= 0.3 is 0 Å². The Kier molecular flexibility index (Phi) is 11.2. The molecule has 178 valence electrons. The second kappa shape index (κ2) is 12.0. The molecular formula is C24H50S4Si2. The highest BCUT2D eigenvalue weighted by Gasteiger charge is 2.56. The van der Waals surface area contributed by atoms with Crippen molar-refractivity contribution in [3.63, 3.8) is 0 Å². The fraction of sp³-hybridized carbons (Fsp3) is 1.00. The molecule has 6 heteroatoms. The van der Waals surface area contributed by atoms with Crippen molar-refractivity contribution in [2.24, 2.45) is 11.8 Å². The van der Waals surface area contributed by atoms with E-state index < -0.39 is 16.1 Å². The summed E-state index contributed by atoms with van der Waals surface area (Å²) in [7, 11) is -2.75. The minimum atomic E-state index is -1.38. The van der Waals surface area contributed by atoms with Crippen LogP contribution >= 0.6 is 47.0 Å². The monoisotopic (exact) mass is 522 g/mol. The van der Waals surface area contributed by atoms with Gasteiger partial charge < -0.3 is 0 Å². The van der Waals surface area contributed by atoms with Crippen molar-refractivity contribution in [3.05, 3.63) is 0 Å². The average molecular weight is 523 g/mol. The quantitative estimate of drug-likeness (QED) is 0.248. The lowest BCUT2D eigenvalue weighted by atomic mass is 10.1. The van der Waals surface area contributed by atoms with E-state index in [0.717, 1.165) is 11.8 Å². The molecule has 0 amide bonds. The largest absolute Gasteiger partial charge is 0.147 e. The van der Waals surface area contributed by atoms with Crippen molar-refractivity contribution >= 4 is 63.2 Å². The molecule has 0 saturated carbocycles. The first kappa shape index (κ1) is 28.1. The third kappa shape index (κ3) is 5.55. The molecular weight excluding hydrogens is 473 g/mol. The Bertz CT molecular complexity index is 457. The maximum atomic E-state index is 2.78. The number of hydrogen-bond donors (Lipinski definition) is 0. The molecule has 0 aromatic rings. The van der Waals surface area contributed by atoms with Crippen molar-refractivity contribution < 1.29 is 0 Å². The molecule has 2 rings (SSSR count). The second-order valence-electron chi connectivity index (χ2n) is 10.7. The van der Waals surface area contributed by atoms with Gasteiger partial charge in [-0.25, -0.2) is 0 Å². The summed E-state index contributed by atoms with van der Waals surface area (Å²) < 4.78 is 1.13. The topological polar surface area (TPSA) is 0 Å². The summed E-state index contributed by atoms with van der Waals surface area (Å²) >= 11 is 9.62. The van der Waals surface area contributed by atoms with Crippen LogP contribution in [0.4, 0.5) is 0 Å². The first-order valence-electron chi connectivity index (χ1n) is 12.7. The molecule has 0 aliphatic carbocycles. The van der Waals surface area contributed by atoms with Gasteiger partial charge in [0.25, 0.3) is 0 Å². The summed E-state index contributed by atoms with van der Waals surface area (Å²) in [4.78, 5) is 0. The van der Waals surface area contributed by atoms with Crippen LogP contribution in [0.15, 0.2) is 0 Å². The van der Waals surface area contributed by atoms with Crippen molar-refractivity contribution in [1.29, 1.82) is 0 Å². The van der Waals surface area contributed by atoms with Crippen molar-refractivity contribution in [2.45, 2.75) is 112 Å². The first-order valence-corrected chi connectivity index (χ1v) is 23.1. The van der Waals surface area contributed by atoms with E-state index in [1.54, 1.807) is 12.1 Å². The zero-order chi connectivity index (χ0) is 22.5. The Labute approximate surface area is 208 Å². The summed E-state index contributed by atoms with van der Waals surface area (Å²) in [6, 6.07) is 3.12. The van der Waals surface area contributed by atoms with E-state index in [0.29, 0.717) is 7.40 Å². The molecule has 0 unspecified atom stereocenters. The smallest absolute Gasteiger partial charge is 0.0783 e. The highest BCUT2D eigenvalue weighted by atomic mass is 32.2. The third-order valence-corrected chi connectivity index (χ3v) is 31.0. The van der Waals surface area contributed by atoms with Crippen LogP contribution in [0.5, 0.6) is 0 Å². The van der Waals surface area contributed by atoms with E-state index in [4.69, 9.17) is 0 Å². The summed E-state index contributed by atoms with van der Waals surface area (Å²) in [5.41, 5.74) is 0. The molecule has 30 heavy (non-hydrogen) atoms. The standard InChI is InChI=1S/C24H50S4Si2/c1-9-21(10-2)23(25-15-13-16-26-23)29(5,6)19-20-30(7,8)24(22(11-3)12-4)27-17-14-18-28-24/h21-22H,9-20H2,1-8H3. The SMILES string of the molecule is CCC(CC)C1([Si](C)(C)CC[Si](C)(C)C2(C(CC)CC)SCCCS2)SCCCS1. The van der Waals surface area contributed by atoms with Gasteiger partial charge in [-0.3, -0.25) is 0 Å². The Morgan fingerprint density at radius 2 is 0.833 bits per heavy atom. The average Bonchev–Trinajstić information content (AvgIpc) is 2.75. The van der Waals surface area contributed by atoms with Gasteiger partial charge in [-0.15, -0.1) is 47.0 Å². The van der Waals surface area contributed by atoms with E-state index in [1.807, 2.05) is 0 Å². The van der Waals surface area contributed by atoms with Crippen LogP contribution in [0, 0.1) is 11.8 Å². The first-order chi connectivity index (χ1) is 14.2. The highest BCUT2D eigenvalue weighted by molar-refractivity contribution is 8.21. The van der Waals surface area contributed by atoms with E-state index >= 15 is 0 Å². The van der Waals surface area contributed by atoms with Gasteiger partial charge in [0.2, 0.25) is 0 Å². The molecule has 0 atom stereocenters. The fourth-order valence-electron chi connectivity index (χ4n) is 6.08. The van der Waals surface area contributed by atoms with E-state index in [-0.39, 0.29) is 0 Å². The Hall–Kier alpha value is 1.83. The molecule has 2 saturated heterocycles. The Morgan fingerprint density at radius 1 is 0.567 bits per heavy atom. The molecule has 2 fully saturated rings. The zero-order valence-electron chi connectivity index (χ0n) is 21.3. The van der Waals surface area contributed by atoms with Gasteiger partial charge in [0.1, 0.15) is 0 Å². The predicted octanol–water partition coefficient (Wildman–Crippen LogP) is 9.49. The molecule has 0 bridgehead atoms. The van der Waals surface area contributed by atoms with Gasteiger partial charge in [-0.2, -0.15) is 0 Å². The predicted molar refractivity (Wildman–Crippen MR) is 157 cm³/mol. The van der Waals surface area contributed by atoms with Crippen LogP contribution in [0.25, 0.3) is 0 Å². The van der Waals surface area contributed by atoms with Gasteiger partial charge in [0.05, 0.1) is 23.6 Å². The van der Waals surface area contributed by atoms with Gasteiger partial charge in [-0.1, -0.05) is 91.7 Å². The zero-order valence-corrected chi connectivity index (χ0v) is 26.5. The highest BCUT2D eigenvalue weighted by Crippen LogP contribution is 2.59. The summed E-state index contributed by atoms with van der Waals surface area (Å²) in [6.45, 7) is 21.0. The minimum absolute atomic E-state index is 0.564. The minimum Gasteiger partial charge on any atom is -0.147 e. The summed E-state index contributed by atoms with van der Waals surface area (Å²) in [5.74, 6) is 7.44. The van der Waals surface area contributed by atoms with Crippen molar-refractivity contribution in [3.8, 4) is 0 Å². The molecule has 2 aliphatic heterocycles. The molecule has 0 N–H and O–H groups in total. The van der Waals surface area contributed by atoms with Gasteiger partial charge in [0.15, 0.2) is 0 Å². The Balaban J connectivity index is 2.28. The molecule has 0 nitrogen and oxygen atoms in total. The molecule has 0 aromatic heterocycles. The van der Waals surface area contributed by atoms with E-state index in [1.165, 1.54) is 61.5 Å². The van der Waals surface area contributed by atoms with Crippen molar-refractivity contribution in [1.82, 2.24) is 0 Å². The molecule has 0 aromatic carbocycles. The molecule has 2 heterocycles. The Morgan fingerprint density at radius 3 is 1.07 bits per heavy atom. The third-order valence-electron chi connectivity index (χ3n) is 8.15. The summed E-state index contributed by atoms with van der Waals surface area (Å²) in [5, 5.41) is 0. The van der Waals surface area contributed by atoms with Gasteiger partial charge in [-0.05, 0) is 47.7 Å². The second-order valence-corrected chi connectivity index (χ2v) is 28.2. The molecule has 0 spiro atoms. The molecule has 2 aliphatic rings. The lowest BCUT2D eigenvalue weighted by Gasteiger charge is -2.55. The van der Waals surface area contributed by atoms with Gasteiger partial charge in [0, 0.05) is 0 Å². The van der Waals surface area contributed by atoms with Crippen LogP contribution in [-0.4, -0.2) is 46.6 Å². The van der Waals surface area contributed by atoms with Crippen LogP contribution < -0.4 is 0 Å². The molecule has 0 radical (unpaired) electrons. The normalized spacial score (nSPS) is 22.6. The number of thioether (sulfide) groups is 4.